The summed E-state index contributed by atoms with van der Waals surface area (Å²) in [5.41, 5.74) is 0. The quantitative estimate of drug-likeness (QED) is 0.319. The largest absolute Gasteiger partial charge is 1.00 e. The molecule has 0 spiro atoms. The van der Waals surface area contributed by atoms with Crippen LogP contribution in [0.1, 0.15) is 80.1 Å². The minimum absolute atomic E-state index is 0. The van der Waals surface area contributed by atoms with Gasteiger partial charge in [-0.1, -0.05) is 54.4 Å². The lowest BCUT2D eigenvalue weighted by Crippen LogP contribution is -3.00. The van der Waals surface area contributed by atoms with Crippen LogP contribution < -0.4 is 33.9 Å². The van der Waals surface area contributed by atoms with Gasteiger partial charge in [0.25, 0.3) is 0 Å². The van der Waals surface area contributed by atoms with Crippen molar-refractivity contribution >= 4 is 0 Å². The minimum atomic E-state index is 0. The van der Waals surface area contributed by atoms with Crippen LogP contribution in [0.2, 0.25) is 0 Å². The molecule has 2 aliphatic carbocycles. The zero-order valence-corrected chi connectivity index (χ0v) is 27.6. The third-order valence-corrected chi connectivity index (χ3v) is 8.45. The molecule has 236 valence electrons. The maximum Gasteiger partial charge on any atom is 0.245 e. The molecule has 0 aliphatic heterocycles. The van der Waals surface area contributed by atoms with Crippen LogP contribution in [0.15, 0.2) is 37.4 Å². The summed E-state index contributed by atoms with van der Waals surface area (Å²) in [5, 5.41) is 0. The van der Waals surface area contributed by atoms with E-state index in [0.29, 0.717) is 25.7 Å². The number of aromatic nitrogens is 4. The Bertz CT molecular complexity index is 836. The van der Waals surface area contributed by atoms with Crippen LogP contribution in [0.5, 0.6) is 0 Å². The molecule has 10 heteroatoms. The van der Waals surface area contributed by atoms with E-state index >= 15 is 0 Å². The number of nitrogens with zero attached hydrogens (tertiary/aromatic N) is 4. The number of ether oxygens (including phenoxy) is 2. The number of imidazole rings is 2. The van der Waals surface area contributed by atoms with Gasteiger partial charge < -0.3 is 45.2 Å². The maximum atomic E-state index is 6.18. The van der Waals surface area contributed by atoms with Gasteiger partial charge >= 0.3 is 0 Å². The van der Waals surface area contributed by atoms with Gasteiger partial charge in [-0.05, 0) is 61.2 Å². The average Bonchev–Trinajstić information content (AvgIpc) is 3.44. The van der Waals surface area contributed by atoms with Gasteiger partial charge in [0.05, 0.1) is 26.3 Å². The average molecular weight is 610 g/mol. The molecule has 6 atom stereocenters. The third kappa shape index (κ3) is 12.8. The van der Waals surface area contributed by atoms with E-state index in [1.807, 2.05) is 35.6 Å². The van der Waals surface area contributed by atoms with E-state index < -0.39 is 0 Å². The van der Waals surface area contributed by atoms with Crippen LogP contribution >= 0.6 is 0 Å². The summed E-state index contributed by atoms with van der Waals surface area (Å²) in [6.07, 6.45) is 21.0. The van der Waals surface area contributed by atoms with Crippen molar-refractivity contribution in [2.45, 2.75) is 106 Å². The topological polar surface area (TPSA) is 99.1 Å². The Morgan fingerprint density at radius 1 is 0.675 bits per heavy atom. The molecule has 0 amide bonds. The molecule has 4 N–H and O–H groups in total. The normalized spacial score (nSPS) is 25.9. The lowest BCUT2D eigenvalue weighted by Gasteiger charge is -2.36. The number of aryl methyl sites for hydroxylation is 2. The van der Waals surface area contributed by atoms with E-state index in [9.17, 15) is 0 Å². The highest BCUT2D eigenvalue weighted by Gasteiger charge is 2.32. The Labute approximate surface area is 255 Å². The van der Waals surface area contributed by atoms with Gasteiger partial charge in [0.1, 0.15) is 24.8 Å². The van der Waals surface area contributed by atoms with Crippen molar-refractivity contribution in [3.05, 3.63) is 37.4 Å². The standard InChI is InChI=1S/2C15H27N2O.2ClH.2H2O/c2*1-12(2)14-6-5-13(3)9-15(14)18-11-17-8-7-16(4)10-17;;;;/h2*7-8,10,12-15H,5-6,9,11H2,1-4H3;2*1H;2*1H2/q2*+1;;;;/p-2/t2*13-,14+,15-;;;;/m11..../s1. The van der Waals surface area contributed by atoms with Crippen molar-refractivity contribution in [2.24, 2.45) is 49.6 Å². The Morgan fingerprint density at radius 2 is 1.02 bits per heavy atom. The SMILES string of the molecule is CC(C)[C@@H]1CC[C@@H](C)C[C@H]1OCn1cc[n+](C)c1.CC(C)[C@@H]1CC[C@@H](C)C[C@H]1OCn1cc[n+](C)c1.O.O.[Cl-].[Cl-]. The molecule has 2 saturated carbocycles. The molecule has 0 radical (unpaired) electrons. The molecule has 2 aromatic rings. The predicted molar refractivity (Wildman–Crippen MR) is 151 cm³/mol. The third-order valence-electron chi connectivity index (χ3n) is 8.45. The molecule has 0 bridgehead atoms. The summed E-state index contributed by atoms with van der Waals surface area (Å²) >= 11 is 0. The van der Waals surface area contributed by atoms with Gasteiger partial charge in [0.15, 0.2) is 13.5 Å². The highest BCUT2D eigenvalue weighted by Crippen LogP contribution is 2.36. The predicted octanol–water partition coefficient (Wildman–Crippen LogP) is -2.15. The van der Waals surface area contributed by atoms with Gasteiger partial charge in [0.2, 0.25) is 12.7 Å². The fraction of sp³-hybridized carbons (Fsp3) is 0.800. The molecule has 40 heavy (non-hydrogen) atoms. The van der Waals surface area contributed by atoms with E-state index in [1.165, 1.54) is 38.5 Å². The first-order valence-electron chi connectivity index (χ1n) is 14.4. The van der Waals surface area contributed by atoms with Gasteiger partial charge in [-0.25, -0.2) is 18.3 Å². The summed E-state index contributed by atoms with van der Waals surface area (Å²) in [5.74, 6) is 4.53. The van der Waals surface area contributed by atoms with Crippen molar-refractivity contribution in [1.29, 1.82) is 0 Å². The number of hydrogen-bond acceptors (Lipinski definition) is 2. The Balaban J connectivity index is 0. The van der Waals surface area contributed by atoms with Crippen molar-refractivity contribution < 1.29 is 54.4 Å². The van der Waals surface area contributed by atoms with Crippen LogP contribution in [0.3, 0.4) is 0 Å². The van der Waals surface area contributed by atoms with Crippen molar-refractivity contribution in [3.63, 3.8) is 0 Å². The monoisotopic (exact) mass is 608 g/mol. The first-order chi connectivity index (χ1) is 17.1. The molecule has 2 aliphatic rings. The van der Waals surface area contributed by atoms with Crippen molar-refractivity contribution in [3.8, 4) is 0 Å². The molecular weight excluding hydrogens is 551 g/mol. The summed E-state index contributed by atoms with van der Waals surface area (Å²) in [4.78, 5) is 0. The second-order valence-electron chi connectivity index (χ2n) is 12.5. The van der Waals surface area contributed by atoms with Crippen LogP contribution in [0.25, 0.3) is 0 Å². The molecule has 0 saturated heterocycles. The molecular formula is C30H58Cl2N4O4. The van der Waals surface area contributed by atoms with Gasteiger partial charge in [-0.15, -0.1) is 0 Å². The molecule has 8 nitrogen and oxygen atoms in total. The second-order valence-corrected chi connectivity index (χ2v) is 12.5. The van der Waals surface area contributed by atoms with Crippen molar-refractivity contribution in [2.75, 3.05) is 0 Å². The fourth-order valence-corrected chi connectivity index (χ4v) is 6.13. The van der Waals surface area contributed by atoms with Crippen LogP contribution in [0, 0.1) is 35.5 Å². The highest BCUT2D eigenvalue weighted by molar-refractivity contribution is 4.82. The molecule has 4 rings (SSSR count). The van der Waals surface area contributed by atoms with Gasteiger partial charge in [-0.2, -0.15) is 0 Å². The van der Waals surface area contributed by atoms with Gasteiger partial charge in [0, 0.05) is 0 Å². The summed E-state index contributed by atoms with van der Waals surface area (Å²) < 4.78 is 20.7. The van der Waals surface area contributed by atoms with E-state index in [0.717, 1.165) is 35.5 Å². The summed E-state index contributed by atoms with van der Waals surface area (Å²) in [6.45, 7) is 15.4. The van der Waals surface area contributed by atoms with Crippen LogP contribution in [-0.4, -0.2) is 32.3 Å². The zero-order chi connectivity index (χ0) is 26.2. The molecule has 0 aromatic carbocycles. The smallest absolute Gasteiger partial charge is 0.245 e. The van der Waals surface area contributed by atoms with E-state index in [-0.39, 0.29) is 35.8 Å². The lowest BCUT2D eigenvalue weighted by molar-refractivity contribution is -0.671. The molecule has 2 fully saturated rings. The Kier molecular flexibility index (Phi) is 20.4. The van der Waals surface area contributed by atoms with Crippen LogP contribution in [-0.2, 0) is 37.0 Å². The number of hydrogen-bond donors (Lipinski definition) is 0. The van der Waals surface area contributed by atoms with Gasteiger partial charge in [-0.3, -0.25) is 0 Å². The highest BCUT2D eigenvalue weighted by atomic mass is 35.5. The number of halogens is 2. The van der Waals surface area contributed by atoms with E-state index in [1.54, 1.807) is 0 Å². The zero-order valence-electron chi connectivity index (χ0n) is 26.1. The summed E-state index contributed by atoms with van der Waals surface area (Å²) in [7, 11) is 4.08. The van der Waals surface area contributed by atoms with Crippen molar-refractivity contribution in [1.82, 2.24) is 9.13 Å². The number of rotatable bonds is 8. The second kappa shape index (κ2) is 19.9. The Morgan fingerprint density at radius 3 is 1.30 bits per heavy atom. The molecule has 2 heterocycles. The van der Waals surface area contributed by atoms with E-state index in [4.69, 9.17) is 9.47 Å². The van der Waals surface area contributed by atoms with Crippen LogP contribution in [0.4, 0.5) is 0 Å². The maximum absolute atomic E-state index is 6.18. The summed E-state index contributed by atoms with van der Waals surface area (Å²) in [6, 6.07) is 0. The molecule has 2 aromatic heterocycles. The lowest BCUT2D eigenvalue weighted by atomic mass is 9.75. The molecule has 0 unspecified atom stereocenters. The minimum Gasteiger partial charge on any atom is -1.00 e. The first kappa shape index (κ1) is 41.0. The Hall–Kier alpha value is -1.16. The fourth-order valence-electron chi connectivity index (χ4n) is 6.13. The van der Waals surface area contributed by atoms with E-state index in [2.05, 4.69) is 75.7 Å². The first-order valence-corrected chi connectivity index (χ1v) is 14.4.